The van der Waals surface area contributed by atoms with Gasteiger partial charge in [-0.25, -0.2) is 9.67 Å². The number of halogens is 3. The SMILES string of the molecule is COc1ccccc1-n1cc(CNC2CCCN(c3ccc(C(F)(F)F)cn3)C2)cn1. The predicted molar refractivity (Wildman–Crippen MR) is 111 cm³/mol. The lowest BCUT2D eigenvalue weighted by molar-refractivity contribution is -0.137. The van der Waals surface area contributed by atoms with Gasteiger partial charge in [-0.15, -0.1) is 0 Å². The lowest BCUT2D eigenvalue weighted by Crippen LogP contribution is -2.45. The summed E-state index contributed by atoms with van der Waals surface area (Å²) >= 11 is 0. The number of ether oxygens (including phenoxy) is 1. The fourth-order valence-electron chi connectivity index (χ4n) is 3.76. The minimum Gasteiger partial charge on any atom is -0.494 e. The van der Waals surface area contributed by atoms with Crippen LogP contribution in [-0.2, 0) is 12.7 Å². The Morgan fingerprint density at radius 2 is 2.00 bits per heavy atom. The number of nitrogens with one attached hydrogen (secondary N) is 1. The quantitative estimate of drug-likeness (QED) is 0.638. The van der Waals surface area contributed by atoms with Gasteiger partial charge in [-0.05, 0) is 37.1 Å². The molecular weight excluding hydrogens is 407 g/mol. The van der Waals surface area contributed by atoms with E-state index in [2.05, 4.69) is 15.4 Å². The van der Waals surface area contributed by atoms with Gasteiger partial charge in [0.2, 0.25) is 0 Å². The highest BCUT2D eigenvalue weighted by Gasteiger charge is 2.31. The molecule has 2 aromatic heterocycles. The number of nitrogens with zero attached hydrogens (tertiary/aromatic N) is 4. The van der Waals surface area contributed by atoms with E-state index in [1.54, 1.807) is 11.8 Å². The standard InChI is InChI=1S/C22H24F3N5O/c1-31-20-7-3-2-6-19(20)30-14-16(12-28-30)11-26-18-5-4-10-29(15-18)21-9-8-17(13-27-21)22(23,24)25/h2-3,6-9,12-14,18,26H,4-5,10-11,15H2,1H3. The van der Waals surface area contributed by atoms with E-state index in [4.69, 9.17) is 4.74 Å². The molecule has 3 aromatic rings. The first-order valence-electron chi connectivity index (χ1n) is 10.1. The Labute approximate surface area is 178 Å². The summed E-state index contributed by atoms with van der Waals surface area (Å²) in [6.07, 6.45) is 2.25. The van der Waals surface area contributed by atoms with Gasteiger partial charge in [-0.3, -0.25) is 0 Å². The highest BCUT2D eigenvalue weighted by molar-refractivity contribution is 5.46. The van der Waals surface area contributed by atoms with Gasteiger partial charge in [0, 0.05) is 43.6 Å². The van der Waals surface area contributed by atoms with Crippen molar-refractivity contribution in [2.45, 2.75) is 31.6 Å². The second-order valence-corrected chi connectivity index (χ2v) is 7.53. The summed E-state index contributed by atoms with van der Waals surface area (Å²) < 4.78 is 45.5. The molecule has 1 aliphatic heterocycles. The Kier molecular flexibility index (Phi) is 6.13. The number of anilines is 1. The molecule has 4 rings (SSSR count). The third-order valence-electron chi connectivity index (χ3n) is 5.38. The number of alkyl halides is 3. The van der Waals surface area contributed by atoms with E-state index in [9.17, 15) is 13.2 Å². The van der Waals surface area contributed by atoms with Crippen molar-refractivity contribution in [3.63, 3.8) is 0 Å². The van der Waals surface area contributed by atoms with E-state index in [1.807, 2.05) is 41.6 Å². The van der Waals surface area contributed by atoms with Crippen molar-refractivity contribution < 1.29 is 17.9 Å². The smallest absolute Gasteiger partial charge is 0.417 e. The van der Waals surface area contributed by atoms with E-state index < -0.39 is 11.7 Å². The molecule has 0 spiro atoms. The third-order valence-corrected chi connectivity index (χ3v) is 5.38. The van der Waals surface area contributed by atoms with Crippen LogP contribution in [0.25, 0.3) is 5.69 Å². The summed E-state index contributed by atoms with van der Waals surface area (Å²) in [5.41, 5.74) is 1.18. The average Bonchev–Trinajstić information content (AvgIpc) is 3.26. The summed E-state index contributed by atoms with van der Waals surface area (Å²) in [5, 5.41) is 7.97. The van der Waals surface area contributed by atoms with Gasteiger partial charge < -0.3 is 15.0 Å². The predicted octanol–water partition coefficient (Wildman–Crippen LogP) is 4.05. The molecule has 1 unspecified atom stereocenters. The number of piperidine rings is 1. The molecule has 1 N–H and O–H groups in total. The maximum Gasteiger partial charge on any atom is 0.417 e. The Bertz CT molecular complexity index is 1000. The van der Waals surface area contributed by atoms with Crippen molar-refractivity contribution in [1.82, 2.24) is 20.1 Å². The van der Waals surface area contributed by atoms with Gasteiger partial charge in [0.15, 0.2) is 0 Å². The number of benzene rings is 1. The lowest BCUT2D eigenvalue weighted by Gasteiger charge is -2.34. The minimum atomic E-state index is -4.37. The summed E-state index contributed by atoms with van der Waals surface area (Å²) in [6.45, 7) is 2.12. The number of aromatic nitrogens is 3. The molecule has 0 amide bonds. The van der Waals surface area contributed by atoms with Gasteiger partial charge in [0.25, 0.3) is 0 Å². The first kappa shape index (κ1) is 21.2. The monoisotopic (exact) mass is 431 g/mol. The van der Waals surface area contributed by atoms with Crippen molar-refractivity contribution in [2.24, 2.45) is 0 Å². The fourth-order valence-corrected chi connectivity index (χ4v) is 3.76. The number of hydrogen-bond donors (Lipinski definition) is 1. The van der Waals surface area contributed by atoms with E-state index in [1.165, 1.54) is 6.07 Å². The number of para-hydroxylation sites is 2. The summed E-state index contributed by atoms with van der Waals surface area (Å²) in [5.74, 6) is 1.32. The van der Waals surface area contributed by atoms with Gasteiger partial charge in [0.1, 0.15) is 17.3 Å². The maximum atomic E-state index is 12.8. The lowest BCUT2D eigenvalue weighted by atomic mass is 10.1. The largest absolute Gasteiger partial charge is 0.494 e. The highest BCUT2D eigenvalue weighted by atomic mass is 19.4. The van der Waals surface area contributed by atoms with Gasteiger partial charge in [-0.2, -0.15) is 18.3 Å². The molecule has 1 fully saturated rings. The van der Waals surface area contributed by atoms with E-state index in [0.717, 1.165) is 48.6 Å². The van der Waals surface area contributed by atoms with Crippen LogP contribution in [0.15, 0.2) is 55.0 Å². The van der Waals surface area contributed by atoms with Crippen LogP contribution < -0.4 is 15.0 Å². The molecule has 1 aliphatic rings. The molecule has 6 nitrogen and oxygen atoms in total. The van der Waals surface area contributed by atoms with Crippen LogP contribution in [0.1, 0.15) is 24.0 Å². The Balaban J connectivity index is 1.36. The van der Waals surface area contributed by atoms with Crippen molar-refractivity contribution in [1.29, 1.82) is 0 Å². The zero-order chi connectivity index (χ0) is 21.8. The summed E-state index contributed by atoms with van der Waals surface area (Å²) in [6, 6.07) is 10.4. The molecular formula is C22H24F3N5O. The molecule has 1 atom stereocenters. The number of methoxy groups -OCH3 is 1. The van der Waals surface area contributed by atoms with Crippen LogP contribution in [-0.4, -0.2) is 41.0 Å². The average molecular weight is 431 g/mol. The Morgan fingerprint density at radius 1 is 1.16 bits per heavy atom. The number of pyridine rings is 1. The summed E-state index contributed by atoms with van der Waals surface area (Å²) in [7, 11) is 1.63. The summed E-state index contributed by atoms with van der Waals surface area (Å²) in [4.78, 5) is 6.06. The molecule has 0 radical (unpaired) electrons. The van der Waals surface area contributed by atoms with Crippen molar-refractivity contribution in [2.75, 3.05) is 25.1 Å². The number of hydrogen-bond acceptors (Lipinski definition) is 5. The third kappa shape index (κ3) is 4.99. The van der Waals surface area contributed by atoms with Crippen LogP contribution in [0.3, 0.4) is 0 Å². The number of rotatable bonds is 6. The fraction of sp³-hybridized carbons (Fsp3) is 0.364. The normalized spacial score (nSPS) is 17.0. The topological polar surface area (TPSA) is 55.2 Å². The van der Waals surface area contributed by atoms with Crippen LogP contribution >= 0.6 is 0 Å². The van der Waals surface area contributed by atoms with Crippen LogP contribution in [0.4, 0.5) is 19.0 Å². The van der Waals surface area contributed by atoms with Crippen molar-refractivity contribution in [3.05, 3.63) is 66.1 Å². The van der Waals surface area contributed by atoms with Gasteiger partial charge >= 0.3 is 6.18 Å². The van der Waals surface area contributed by atoms with Crippen LogP contribution in [0, 0.1) is 0 Å². The van der Waals surface area contributed by atoms with Gasteiger partial charge in [-0.1, -0.05) is 12.1 Å². The van der Waals surface area contributed by atoms with Gasteiger partial charge in [0.05, 0.1) is 18.9 Å². The highest BCUT2D eigenvalue weighted by Crippen LogP contribution is 2.30. The van der Waals surface area contributed by atoms with Crippen molar-refractivity contribution in [3.8, 4) is 11.4 Å². The molecule has 31 heavy (non-hydrogen) atoms. The van der Waals surface area contributed by atoms with Crippen molar-refractivity contribution >= 4 is 5.82 Å². The molecule has 0 aliphatic carbocycles. The van der Waals surface area contributed by atoms with Crippen LogP contribution in [0.5, 0.6) is 5.75 Å². The molecule has 9 heteroatoms. The molecule has 0 bridgehead atoms. The Morgan fingerprint density at radius 3 is 2.74 bits per heavy atom. The van der Waals surface area contributed by atoms with E-state index in [-0.39, 0.29) is 6.04 Å². The molecule has 0 saturated carbocycles. The molecule has 164 valence electrons. The maximum absolute atomic E-state index is 12.8. The zero-order valence-corrected chi connectivity index (χ0v) is 17.1. The second-order valence-electron chi connectivity index (χ2n) is 7.53. The molecule has 3 heterocycles. The second kappa shape index (κ2) is 8.97. The molecule has 1 saturated heterocycles. The van der Waals surface area contributed by atoms with Crippen LogP contribution in [0.2, 0.25) is 0 Å². The van der Waals surface area contributed by atoms with E-state index in [0.29, 0.717) is 18.9 Å². The first-order chi connectivity index (χ1) is 14.9. The zero-order valence-electron chi connectivity index (χ0n) is 17.1. The molecule has 1 aromatic carbocycles. The minimum absolute atomic E-state index is 0.215. The Hall–Kier alpha value is -3.07. The van der Waals surface area contributed by atoms with E-state index >= 15 is 0 Å². The first-order valence-corrected chi connectivity index (χ1v) is 10.1.